The van der Waals surface area contributed by atoms with Gasteiger partial charge in [0.1, 0.15) is 5.92 Å². The van der Waals surface area contributed by atoms with Crippen LogP contribution in [0.5, 0.6) is 0 Å². The first-order valence-electron chi connectivity index (χ1n) is 13.7. The number of terminal acetylenes is 1. The standard InChI is InChI=1S/C33H32N4O3.Mg/c1-9-19-16(5)22-11-21-14(3)15(4)30(36-21)28-29(33(39)40-8)32(38)27-18(7)24(37-31(27)28)13-26-20(10-2)17(6)23(35-26)12-25(19)34-22;/h1,11-15,29,32,38H,10H2,2-8H3;/q-4;+2/b21-11-,23-12-,26-13-,30-28-;/t14-,15-,29+,32-;/m0./s1. The molecule has 1 aliphatic carbocycles. The van der Waals surface area contributed by atoms with Gasteiger partial charge in [-0.2, -0.15) is 11.4 Å². The van der Waals surface area contributed by atoms with Crippen molar-refractivity contribution in [2.75, 3.05) is 7.11 Å². The Morgan fingerprint density at radius 3 is 2.32 bits per heavy atom. The van der Waals surface area contributed by atoms with Crippen molar-refractivity contribution < 1.29 is 14.6 Å². The van der Waals surface area contributed by atoms with Crippen LogP contribution in [0, 0.1) is 50.9 Å². The summed E-state index contributed by atoms with van der Waals surface area (Å²) in [6, 6.07) is 0. The molecule has 8 bridgehead atoms. The van der Waals surface area contributed by atoms with Crippen LogP contribution in [0.1, 0.15) is 83.0 Å². The normalized spacial score (nSPS) is 27.0. The van der Waals surface area contributed by atoms with Crippen molar-refractivity contribution in [1.82, 2.24) is 15.0 Å². The molecule has 3 aliphatic rings. The van der Waals surface area contributed by atoms with Gasteiger partial charge in [0.05, 0.1) is 13.2 Å². The molecule has 0 spiro atoms. The third-order valence-corrected chi connectivity index (χ3v) is 9.05. The molecule has 0 unspecified atom stereocenters. The first-order chi connectivity index (χ1) is 19.1. The van der Waals surface area contributed by atoms with Gasteiger partial charge in [0.25, 0.3) is 0 Å². The number of aromatic nitrogens is 3. The minimum atomic E-state index is -1.08. The number of hydrogen-bond acceptors (Lipinski definition) is 3. The van der Waals surface area contributed by atoms with Crippen molar-refractivity contribution in [2.24, 2.45) is 17.8 Å². The van der Waals surface area contributed by atoms with Gasteiger partial charge in [0.15, 0.2) is 0 Å². The molecule has 4 atom stereocenters. The van der Waals surface area contributed by atoms with Crippen LogP contribution in [0.3, 0.4) is 0 Å². The van der Waals surface area contributed by atoms with Crippen molar-refractivity contribution in [1.29, 1.82) is 0 Å². The molecule has 1 N–H and O–H groups in total. The molecule has 1 saturated heterocycles. The van der Waals surface area contributed by atoms with Crippen LogP contribution in [-0.2, 0) is 16.0 Å². The minimum Gasteiger partial charge on any atom is -0.664 e. The molecule has 41 heavy (non-hydrogen) atoms. The molecule has 3 aromatic rings. The van der Waals surface area contributed by atoms with Crippen molar-refractivity contribution in [3.05, 3.63) is 83.6 Å². The number of aliphatic hydroxyl groups is 1. The molecule has 6 rings (SSSR count). The van der Waals surface area contributed by atoms with E-state index in [2.05, 4.69) is 33.6 Å². The minimum absolute atomic E-state index is 0. The molecule has 0 saturated carbocycles. The Hall–Kier alpha value is -3.38. The summed E-state index contributed by atoms with van der Waals surface area (Å²) < 4.78 is 5.16. The number of carbonyl (C=O) groups is 1. The molecule has 0 aromatic carbocycles. The molecule has 8 heteroatoms. The van der Waals surface area contributed by atoms with Crippen LogP contribution >= 0.6 is 0 Å². The number of fused-ring (bicyclic) bond motifs is 7. The number of hydrogen-bond donors (Lipinski definition) is 1. The zero-order valence-corrected chi connectivity index (χ0v) is 26.0. The van der Waals surface area contributed by atoms with Gasteiger partial charge in [-0.05, 0) is 44.6 Å². The molecule has 0 radical (unpaired) electrons. The van der Waals surface area contributed by atoms with E-state index in [0.29, 0.717) is 22.5 Å². The number of esters is 1. The maximum Gasteiger partial charge on any atom is 2.00 e. The van der Waals surface area contributed by atoms with Crippen LogP contribution in [0.4, 0.5) is 0 Å². The zero-order chi connectivity index (χ0) is 28.6. The Balaban J connectivity index is 0.00000337. The summed E-state index contributed by atoms with van der Waals surface area (Å²) in [5, 5.41) is 18.2. The van der Waals surface area contributed by atoms with Crippen LogP contribution in [-0.4, -0.2) is 41.2 Å². The number of carbonyl (C=O) groups excluding carboxylic acids is 1. The zero-order valence-electron chi connectivity index (χ0n) is 24.6. The van der Waals surface area contributed by atoms with E-state index in [-0.39, 0.29) is 34.9 Å². The number of ether oxygens (including phenoxy) is 1. The second-order valence-electron chi connectivity index (χ2n) is 11.0. The smallest absolute Gasteiger partial charge is 0.664 e. The number of nitrogens with zero attached hydrogens (tertiary/aromatic N) is 4. The first kappa shape index (κ1) is 29.1. The van der Waals surface area contributed by atoms with E-state index in [1.54, 1.807) is 0 Å². The quantitative estimate of drug-likeness (QED) is 0.296. The molecule has 3 aromatic heterocycles. The Labute approximate surface area is 256 Å². The van der Waals surface area contributed by atoms with Gasteiger partial charge in [-0.25, -0.2) is 0 Å². The van der Waals surface area contributed by atoms with E-state index in [0.717, 1.165) is 67.7 Å². The second kappa shape index (κ2) is 10.5. The average Bonchev–Trinajstić information content (AvgIpc) is 3.66. The Bertz CT molecular complexity index is 1820. The molecule has 5 heterocycles. The Morgan fingerprint density at radius 1 is 0.976 bits per heavy atom. The first-order valence-corrected chi connectivity index (χ1v) is 13.7. The maximum atomic E-state index is 13.1. The Morgan fingerprint density at radius 2 is 1.66 bits per heavy atom. The summed E-state index contributed by atoms with van der Waals surface area (Å²) in [4.78, 5) is 28.0. The summed E-state index contributed by atoms with van der Waals surface area (Å²) in [7, 11) is 1.34. The van der Waals surface area contributed by atoms with Gasteiger partial charge in [0, 0.05) is 5.56 Å². The summed E-state index contributed by atoms with van der Waals surface area (Å²) in [6.07, 6.45) is 11.6. The monoisotopic (exact) mass is 556 g/mol. The van der Waals surface area contributed by atoms with E-state index < -0.39 is 18.0 Å². The topological polar surface area (TPSA) is 103 Å². The van der Waals surface area contributed by atoms with Gasteiger partial charge in [0.2, 0.25) is 0 Å². The summed E-state index contributed by atoms with van der Waals surface area (Å²) in [6.45, 7) is 12.3. The second-order valence-corrected chi connectivity index (χ2v) is 11.0. The third-order valence-electron chi connectivity index (χ3n) is 9.05. The molecule has 2 aliphatic heterocycles. The van der Waals surface area contributed by atoms with Crippen LogP contribution in [0.2, 0.25) is 0 Å². The number of allylic oxidation sites excluding steroid dienone is 2. The van der Waals surface area contributed by atoms with E-state index in [1.807, 2.05) is 32.1 Å². The Kier molecular flexibility index (Phi) is 7.43. The van der Waals surface area contributed by atoms with Gasteiger partial charge >= 0.3 is 29.0 Å². The number of methoxy groups -OCH3 is 1. The summed E-state index contributed by atoms with van der Waals surface area (Å²) in [5.41, 5.74) is 10.4. The molecular formula is C33H32MgN4O3-2. The molecule has 7 nitrogen and oxygen atoms in total. The van der Waals surface area contributed by atoms with Gasteiger partial charge in [-0.15, -0.1) is 39.9 Å². The number of rotatable bonds is 2. The summed E-state index contributed by atoms with van der Waals surface area (Å²) in [5.74, 6) is 1.46. The van der Waals surface area contributed by atoms with Crippen molar-refractivity contribution in [3.8, 4) is 12.3 Å². The predicted octanol–water partition coefficient (Wildman–Crippen LogP) is 2.87. The van der Waals surface area contributed by atoms with Crippen LogP contribution < -0.4 is 25.7 Å². The van der Waals surface area contributed by atoms with Gasteiger partial charge < -0.3 is 30.1 Å². The fourth-order valence-corrected chi connectivity index (χ4v) is 6.47. The van der Waals surface area contributed by atoms with E-state index in [9.17, 15) is 9.90 Å². The fourth-order valence-electron chi connectivity index (χ4n) is 6.47. The third kappa shape index (κ3) is 4.17. The summed E-state index contributed by atoms with van der Waals surface area (Å²) >= 11 is 0. The average molecular weight is 557 g/mol. The SMILES string of the molecule is C#Cc1c2[n-]c(c1C)/C=C1\[N-]/C(=C3\c4[n-]c(c(C)c4[C@H](O)[C@@H]3C(=O)OC)/C=c3\[n-]/c(c(C)c3CC)=C\2)[C@@H](C)[C@@H]1C.[Mg+2]. The van der Waals surface area contributed by atoms with Crippen LogP contribution in [0.15, 0.2) is 11.4 Å². The predicted molar refractivity (Wildman–Crippen MR) is 160 cm³/mol. The van der Waals surface area contributed by atoms with Crippen LogP contribution in [0.25, 0.3) is 29.1 Å². The van der Waals surface area contributed by atoms with Crippen molar-refractivity contribution in [2.45, 2.75) is 54.1 Å². The van der Waals surface area contributed by atoms with E-state index >= 15 is 0 Å². The fraction of sp³-hybridized carbons (Fsp3) is 0.364. The molecular weight excluding hydrogens is 525 g/mol. The van der Waals surface area contributed by atoms with Crippen molar-refractivity contribution in [3.63, 3.8) is 0 Å². The van der Waals surface area contributed by atoms with E-state index in [1.165, 1.54) is 7.11 Å². The molecule has 206 valence electrons. The van der Waals surface area contributed by atoms with Gasteiger partial charge in [-0.3, -0.25) is 4.79 Å². The van der Waals surface area contributed by atoms with Crippen molar-refractivity contribution >= 4 is 52.8 Å². The molecule has 0 amide bonds. The van der Waals surface area contributed by atoms with E-state index in [4.69, 9.17) is 31.4 Å². The van der Waals surface area contributed by atoms with Gasteiger partial charge in [-0.1, -0.05) is 72.7 Å². The molecule has 1 fully saturated rings. The number of aliphatic hydroxyl groups excluding tert-OH is 1. The largest absolute Gasteiger partial charge is 2.00 e. The maximum absolute atomic E-state index is 13.1.